The van der Waals surface area contributed by atoms with Crippen molar-refractivity contribution in [1.82, 2.24) is 10.2 Å². The molecule has 0 amide bonds. The normalized spacial score (nSPS) is 21.7. The van der Waals surface area contributed by atoms with Gasteiger partial charge < -0.3 is 10.4 Å². The van der Waals surface area contributed by atoms with E-state index in [0.29, 0.717) is 11.8 Å². The predicted octanol–water partition coefficient (Wildman–Crippen LogP) is 3.68. The molecule has 3 nitrogen and oxygen atoms in total. The largest absolute Gasteiger partial charge is 0.508 e. The Kier molecular flexibility index (Phi) is 5.87. The van der Waals surface area contributed by atoms with E-state index in [0.717, 1.165) is 29.5 Å². The molecule has 0 bridgehead atoms. The van der Waals surface area contributed by atoms with E-state index < -0.39 is 0 Å². The van der Waals surface area contributed by atoms with Crippen LogP contribution >= 0.6 is 15.9 Å². The van der Waals surface area contributed by atoms with Gasteiger partial charge in [0.05, 0.1) is 0 Å². The molecule has 0 aliphatic carbocycles. The van der Waals surface area contributed by atoms with Crippen LogP contribution < -0.4 is 5.32 Å². The third-order valence-electron chi connectivity index (χ3n) is 4.35. The molecule has 1 heterocycles. The van der Waals surface area contributed by atoms with Crippen molar-refractivity contribution in [1.29, 1.82) is 0 Å². The fourth-order valence-corrected chi connectivity index (χ4v) is 3.56. The van der Waals surface area contributed by atoms with Gasteiger partial charge in [0.15, 0.2) is 0 Å². The van der Waals surface area contributed by atoms with Crippen molar-refractivity contribution in [2.75, 3.05) is 20.1 Å². The second kappa shape index (κ2) is 7.43. The molecule has 0 saturated carbocycles. The molecule has 2 rings (SSSR count). The number of rotatable bonds is 4. The van der Waals surface area contributed by atoms with Gasteiger partial charge in [-0.3, -0.25) is 4.90 Å². The number of phenols is 1. The molecule has 1 aromatic rings. The van der Waals surface area contributed by atoms with E-state index in [1.165, 1.54) is 19.3 Å². The van der Waals surface area contributed by atoms with Crippen LogP contribution in [0.1, 0.15) is 44.2 Å². The molecule has 1 fully saturated rings. The summed E-state index contributed by atoms with van der Waals surface area (Å²) in [7, 11) is 2.20. The van der Waals surface area contributed by atoms with Gasteiger partial charge in [-0.15, -0.1) is 0 Å². The number of nitrogens with zero attached hydrogens (tertiary/aromatic N) is 1. The van der Waals surface area contributed by atoms with Gasteiger partial charge in [-0.1, -0.05) is 22.9 Å². The second-order valence-electron chi connectivity index (χ2n) is 5.63. The predicted molar refractivity (Wildman–Crippen MR) is 87.1 cm³/mol. The fourth-order valence-electron chi connectivity index (χ4n) is 3.18. The molecule has 1 aliphatic rings. The Morgan fingerprint density at radius 3 is 2.95 bits per heavy atom. The minimum absolute atomic E-state index is 0.274. The van der Waals surface area contributed by atoms with Crippen molar-refractivity contribution in [2.24, 2.45) is 0 Å². The molecule has 2 N–H and O–H groups in total. The van der Waals surface area contributed by atoms with Crippen LogP contribution in [0.15, 0.2) is 22.7 Å². The van der Waals surface area contributed by atoms with E-state index in [4.69, 9.17) is 0 Å². The van der Waals surface area contributed by atoms with Crippen LogP contribution in [0.3, 0.4) is 0 Å². The summed E-state index contributed by atoms with van der Waals surface area (Å²) in [6.07, 6.45) is 4.65. The quantitative estimate of drug-likeness (QED) is 0.877. The third kappa shape index (κ3) is 3.74. The highest BCUT2D eigenvalue weighted by Crippen LogP contribution is 2.34. The highest BCUT2D eigenvalue weighted by Gasteiger charge is 2.25. The van der Waals surface area contributed by atoms with Gasteiger partial charge in [-0.2, -0.15) is 0 Å². The molecule has 0 spiro atoms. The Bertz CT molecular complexity index is 430. The lowest BCUT2D eigenvalue weighted by atomic mass is 9.98. The zero-order valence-electron chi connectivity index (χ0n) is 12.4. The van der Waals surface area contributed by atoms with Crippen molar-refractivity contribution in [3.8, 4) is 5.75 Å². The van der Waals surface area contributed by atoms with Crippen molar-refractivity contribution in [3.05, 3.63) is 28.2 Å². The monoisotopic (exact) mass is 340 g/mol. The number of halogens is 1. The smallest absolute Gasteiger partial charge is 0.120 e. The topological polar surface area (TPSA) is 35.5 Å². The first-order valence-corrected chi connectivity index (χ1v) is 8.33. The summed E-state index contributed by atoms with van der Waals surface area (Å²) in [5.74, 6) is 0.402. The summed E-state index contributed by atoms with van der Waals surface area (Å²) in [6.45, 7) is 4.41. The van der Waals surface area contributed by atoms with Crippen molar-refractivity contribution in [2.45, 2.75) is 44.7 Å². The van der Waals surface area contributed by atoms with E-state index in [9.17, 15) is 5.11 Å². The van der Waals surface area contributed by atoms with E-state index in [1.807, 2.05) is 6.07 Å². The van der Waals surface area contributed by atoms with Crippen molar-refractivity contribution < 1.29 is 5.11 Å². The average molecular weight is 341 g/mol. The van der Waals surface area contributed by atoms with Gasteiger partial charge in [0.25, 0.3) is 0 Å². The molecule has 4 heteroatoms. The number of aromatic hydroxyl groups is 1. The van der Waals surface area contributed by atoms with Crippen molar-refractivity contribution >= 4 is 15.9 Å². The highest BCUT2D eigenvalue weighted by atomic mass is 79.9. The summed E-state index contributed by atoms with van der Waals surface area (Å²) in [5.41, 5.74) is 1.03. The number of hydrogen-bond donors (Lipinski definition) is 2. The molecular formula is C16H25BrN2O. The van der Waals surface area contributed by atoms with Crippen LogP contribution in [0.2, 0.25) is 0 Å². The summed E-state index contributed by atoms with van der Waals surface area (Å²) < 4.78 is 1.03. The Hall–Kier alpha value is -0.580. The van der Waals surface area contributed by atoms with E-state index in [1.54, 1.807) is 6.07 Å². The molecule has 2 atom stereocenters. The molecule has 1 saturated heterocycles. The van der Waals surface area contributed by atoms with Gasteiger partial charge in [0.1, 0.15) is 5.75 Å². The molecule has 2 unspecified atom stereocenters. The standard InChI is InChI=1S/C16H25BrN2O/c1-3-15(14-11-12(17)6-7-16(14)20)19(2)13-5-4-9-18-10-8-13/h6-7,11,13,15,18,20H,3-5,8-10H2,1-2H3. The number of benzene rings is 1. The zero-order chi connectivity index (χ0) is 14.5. The van der Waals surface area contributed by atoms with Crippen LogP contribution in [-0.4, -0.2) is 36.2 Å². The summed E-state index contributed by atoms with van der Waals surface area (Å²) >= 11 is 3.51. The van der Waals surface area contributed by atoms with Crippen LogP contribution in [0.5, 0.6) is 5.75 Å². The summed E-state index contributed by atoms with van der Waals surface area (Å²) in [5, 5.41) is 13.6. The molecule has 0 aromatic heterocycles. The van der Waals surface area contributed by atoms with Gasteiger partial charge in [0, 0.05) is 22.1 Å². The number of hydrogen-bond acceptors (Lipinski definition) is 3. The molecule has 112 valence electrons. The molecule has 1 aliphatic heterocycles. The van der Waals surface area contributed by atoms with Gasteiger partial charge in [-0.25, -0.2) is 0 Å². The summed E-state index contributed by atoms with van der Waals surface area (Å²) in [6, 6.07) is 6.59. The SMILES string of the molecule is CCC(c1cc(Br)ccc1O)N(C)C1CCCNCC1. The van der Waals surface area contributed by atoms with Crippen molar-refractivity contribution in [3.63, 3.8) is 0 Å². The van der Waals surface area contributed by atoms with Gasteiger partial charge >= 0.3 is 0 Å². The maximum absolute atomic E-state index is 10.2. The summed E-state index contributed by atoms with van der Waals surface area (Å²) in [4.78, 5) is 2.45. The Morgan fingerprint density at radius 2 is 2.20 bits per heavy atom. The first kappa shape index (κ1) is 15.8. The van der Waals surface area contributed by atoms with Crippen LogP contribution in [0.25, 0.3) is 0 Å². The highest BCUT2D eigenvalue weighted by molar-refractivity contribution is 9.10. The molecule has 20 heavy (non-hydrogen) atoms. The lowest BCUT2D eigenvalue weighted by molar-refractivity contribution is 0.153. The Morgan fingerprint density at radius 1 is 1.40 bits per heavy atom. The van der Waals surface area contributed by atoms with E-state index in [2.05, 4.69) is 46.2 Å². The van der Waals surface area contributed by atoms with Crippen LogP contribution in [-0.2, 0) is 0 Å². The maximum Gasteiger partial charge on any atom is 0.120 e. The first-order valence-electron chi connectivity index (χ1n) is 7.54. The molecular weight excluding hydrogens is 316 g/mol. The maximum atomic E-state index is 10.2. The van der Waals surface area contributed by atoms with Gasteiger partial charge in [-0.05, 0) is 64.0 Å². The minimum atomic E-state index is 0.274. The average Bonchev–Trinajstić information content (AvgIpc) is 2.72. The van der Waals surface area contributed by atoms with E-state index in [-0.39, 0.29) is 6.04 Å². The number of phenolic OH excluding ortho intramolecular Hbond substituents is 1. The Labute approximate surface area is 130 Å². The third-order valence-corrected chi connectivity index (χ3v) is 4.84. The number of nitrogens with one attached hydrogen (secondary N) is 1. The second-order valence-corrected chi connectivity index (χ2v) is 6.54. The lowest BCUT2D eigenvalue weighted by Crippen LogP contribution is -2.35. The minimum Gasteiger partial charge on any atom is -0.508 e. The molecule has 0 radical (unpaired) electrons. The fraction of sp³-hybridized carbons (Fsp3) is 0.625. The lowest BCUT2D eigenvalue weighted by Gasteiger charge is -2.35. The molecule has 1 aromatic carbocycles. The van der Waals surface area contributed by atoms with E-state index >= 15 is 0 Å². The van der Waals surface area contributed by atoms with Gasteiger partial charge in [0.2, 0.25) is 0 Å². The zero-order valence-corrected chi connectivity index (χ0v) is 14.0. The Balaban J connectivity index is 2.19. The van der Waals surface area contributed by atoms with Crippen LogP contribution in [0, 0.1) is 0 Å². The van der Waals surface area contributed by atoms with Crippen LogP contribution in [0.4, 0.5) is 0 Å². The first-order chi connectivity index (χ1) is 9.63.